The molecule has 9 nitrogen and oxygen atoms in total. The first-order chi connectivity index (χ1) is 9.40. The van der Waals surface area contributed by atoms with Gasteiger partial charge in [0.2, 0.25) is 5.82 Å². The van der Waals surface area contributed by atoms with Crippen LogP contribution in [-0.4, -0.2) is 36.1 Å². The second-order valence-electron chi connectivity index (χ2n) is 4.51. The number of aromatic nitrogens is 4. The van der Waals surface area contributed by atoms with Crippen molar-refractivity contribution in [2.75, 3.05) is 11.9 Å². The number of nitrogens with one attached hydrogen (secondary N) is 1. The molecule has 2 aromatic rings. The largest absolute Gasteiger partial charge is 0.386 e. The molecule has 1 unspecified atom stereocenters. The summed E-state index contributed by atoms with van der Waals surface area (Å²) in [7, 11) is 3.36. The van der Waals surface area contributed by atoms with Crippen LogP contribution in [0.3, 0.4) is 0 Å². The van der Waals surface area contributed by atoms with Gasteiger partial charge >= 0.3 is 5.69 Å². The van der Waals surface area contributed by atoms with Gasteiger partial charge in [0.25, 0.3) is 0 Å². The van der Waals surface area contributed by atoms with Crippen LogP contribution in [0.15, 0.2) is 12.4 Å². The van der Waals surface area contributed by atoms with E-state index in [0.29, 0.717) is 11.3 Å². The van der Waals surface area contributed by atoms with Gasteiger partial charge in [-0.15, -0.1) is 0 Å². The summed E-state index contributed by atoms with van der Waals surface area (Å²) < 4.78 is 2.97. The number of nitro groups is 1. The number of aryl methyl sites for hydroxylation is 3. The molecule has 0 saturated carbocycles. The summed E-state index contributed by atoms with van der Waals surface area (Å²) in [6.07, 6.45) is 2.43. The molecule has 0 radical (unpaired) electrons. The summed E-state index contributed by atoms with van der Waals surface area (Å²) >= 11 is 0. The summed E-state index contributed by atoms with van der Waals surface area (Å²) in [6.45, 7) is 1.70. The van der Waals surface area contributed by atoms with Crippen molar-refractivity contribution in [2.24, 2.45) is 14.1 Å². The molecule has 1 atom stereocenters. The zero-order valence-corrected chi connectivity index (χ0v) is 11.4. The molecule has 2 aromatic heterocycles. The lowest BCUT2D eigenvalue weighted by atomic mass is 10.2. The monoisotopic (exact) mass is 280 g/mol. The van der Waals surface area contributed by atoms with Crippen LogP contribution in [0.1, 0.15) is 17.4 Å². The van der Waals surface area contributed by atoms with Crippen LogP contribution in [0.5, 0.6) is 0 Å². The molecule has 9 heteroatoms. The van der Waals surface area contributed by atoms with E-state index in [4.69, 9.17) is 0 Å². The van der Waals surface area contributed by atoms with E-state index in [2.05, 4.69) is 15.5 Å². The van der Waals surface area contributed by atoms with Crippen LogP contribution in [0.25, 0.3) is 0 Å². The van der Waals surface area contributed by atoms with Gasteiger partial charge in [-0.3, -0.25) is 14.8 Å². The molecule has 108 valence electrons. The minimum atomic E-state index is -0.807. The van der Waals surface area contributed by atoms with Gasteiger partial charge in [-0.05, 0) is 6.92 Å². The highest BCUT2D eigenvalue weighted by molar-refractivity contribution is 5.59. The quantitative estimate of drug-likeness (QED) is 0.610. The number of hydrogen-bond donors (Lipinski definition) is 2. The van der Waals surface area contributed by atoms with Crippen molar-refractivity contribution >= 4 is 11.5 Å². The molecular formula is C11H16N6O3. The normalized spacial score (nSPS) is 12.4. The smallest absolute Gasteiger partial charge is 0.333 e. The highest BCUT2D eigenvalue weighted by Crippen LogP contribution is 2.27. The van der Waals surface area contributed by atoms with E-state index in [0.717, 1.165) is 0 Å². The number of aliphatic hydroxyl groups excluding tert-OH is 1. The van der Waals surface area contributed by atoms with Gasteiger partial charge in [0.05, 0.1) is 17.2 Å². The maximum Gasteiger partial charge on any atom is 0.333 e. The molecular weight excluding hydrogens is 264 g/mol. The van der Waals surface area contributed by atoms with Crippen molar-refractivity contribution in [1.82, 2.24) is 19.6 Å². The Morgan fingerprint density at radius 3 is 2.80 bits per heavy atom. The summed E-state index contributed by atoms with van der Waals surface area (Å²) in [4.78, 5) is 10.5. The molecule has 0 aliphatic rings. The summed E-state index contributed by atoms with van der Waals surface area (Å²) in [6, 6.07) is 0. The third-order valence-electron chi connectivity index (χ3n) is 2.95. The molecule has 2 N–H and O–H groups in total. The Kier molecular flexibility index (Phi) is 3.70. The molecule has 0 aliphatic carbocycles. The fourth-order valence-electron chi connectivity index (χ4n) is 1.99. The summed E-state index contributed by atoms with van der Waals surface area (Å²) in [5.41, 5.74) is 0.892. The Balaban J connectivity index is 2.13. The van der Waals surface area contributed by atoms with Crippen LogP contribution in [-0.2, 0) is 14.1 Å². The molecule has 0 bridgehead atoms. The first-order valence-electron chi connectivity index (χ1n) is 5.98. The second-order valence-corrected chi connectivity index (χ2v) is 4.51. The third-order valence-corrected chi connectivity index (χ3v) is 2.95. The molecule has 0 saturated heterocycles. The standard InChI is InChI=1S/C11H16N6O3/c1-7-10(17(19)20)11(16(3)14-7)12-5-9(18)8-4-13-15(2)6-8/h4,6,9,12,18H,5H2,1-3H3. The van der Waals surface area contributed by atoms with E-state index in [1.165, 1.54) is 4.68 Å². The van der Waals surface area contributed by atoms with Gasteiger partial charge < -0.3 is 10.4 Å². The minimum Gasteiger partial charge on any atom is -0.386 e. The average Bonchev–Trinajstić information content (AvgIpc) is 2.90. The Labute approximate surface area is 115 Å². The molecule has 20 heavy (non-hydrogen) atoms. The Morgan fingerprint density at radius 1 is 1.55 bits per heavy atom. The SMILES string of the molecule is Cc1nn(C)c(NCC(O)c2cnn(C)c2)c1[N+](=O)[O-]. The number of rotatable bonds is 5. The third kappa shape index (κ3) is 2.62. The van der Waals surface area contributed by atoms with E-state index < -0.39 is 11.0 Å². The van der Waals surface area contributed by atoms with Crippen LogP contribution in [0, 0.1) is 17.0 Å². The zero-order valence-electron chi connectivity index (χ0n) is 11.4. The van der Waals surface area contributed by atoms with Crippen molar-refractivity contribution in [3.05, 3.63) is 33.8 Å². The molecule has 0 amide bonds. The predicted octanol–water partition coefficient (Wildman–Crippen LogP) is 0.516. The van der Waals surface area contributed by atoms with Crippen LogP contribution in [0.4, 0.5) is 11.5 Å². The highest BCUT2D eigenvalue weighted by atomic mass is 16.6. The number of anilines is 1. The van der Waals surface area contributed by atoms with Crippen molar-refractivity contribution in [3.63, 3.8) is 0 Å². The van der Waals surface area contributed by atoms with Crippen molar-refractivity contribution in [1.29, 1.82) is 0 Å². The zero-order chi connectivity index (χ0) is 14.9. The van der Waals surface area contributed by atoms with E-state index in [9.17, 15) is 15.2 Å². The summed E-state index contributed by atoms with van der Waals surface area (Å²) in [5, 5.41) is 31.8. The molecule has 0 spiro atoms. The lowest BCUT2D eigenvalue weighted by Crippen LogP contribution is -2.14. The molecule has 0 aromatic carbocycles. The maximum atomic E-state index is 11.0. The molecule has 2 rings (SSSR count). The fourth-order valence-corrected chi connectivity index (χ4v) is 1.99. The van der Waals surface area contributed by atoms with Gasteiger partial charge in [-0.1, -0.05) is 0 Å². The van der Waals surface area contributed by atoms with E-state index in [-0.39, 0.29) is 18.1 Å². The van der Waals surface area contributed by atoms with Crippen LogP contribution in [0.2, 0.25) is 0 Å². The van der Waals surface area contributed by atoms with Gasteiger partial charge in [-0.25, -0.2) is 4.68 Å². The van der Waals surface area contributed by atoms with Crippen LogP contribution >= 0.6 is 0 Å². The lowest BCUT2D eigenvalue weighted by Gasteiger charge is -2.10. The van der Waals surface area contributed by atoms with E-state index >= 15 is 0 Å². The Hall–Kier alpha value is -2.42. The van der Waals surface area contributed by atoms with Crippen molar-refractivity contribution in [2.45, 2.75) is 13.0 Å². The maximum absolute atomic E-state index is 11.0. The first-order valence-corrected chi connectivity index (χ1v) is 5.98. The number of nitrogens with zero attached hydrogens (tertiary/aromatic N) is 5. The van der Waals surface area contributed by atoms with Gasteiger partial charge in [0, 0.05) is 32.4 Å². The number of hydrogen-bond acceptors (Lipinski definition) is 6. The van der Waals surface area contributed by atoms with Crippen molar-refractivity contribution in [3.8, 4) is 0 Å². The highest BCUT2D eigenvalue weighted by Gasteiger charge is 2.24. The lowest BCUT2D eigenvalue weighted by molar-refractivity contribution is -0.384. The summed E-state index contributed by atoms with van der Waals surface area (Å²) in [5.74, 6) is 0.274. The minimum absolute atomic E-state index is 0.0779. The Morgan fingerprint density at radius 2 is 2.25 bits per heavy atom. The van der Waals surface area contributed by atoms with Gasteiger partial charge in [0.1, 0.15) is 5.69 Å². The average molecular weight is 280 g/mol. The Bertz CT molecular complexity index is 632. The predicted molar refractivity (Wildman–Crippen MR) is 71.3 cm³/mol. The number of aliphatic hydroxyl groups is 1. The molecule has 0 aliphatic heterocycles. The van der Waals surface area contributed by atoms with E-state index in [1.807, 2.05) is 0 Å². The fraction of sp³-hybridized carbons (Fsp3) is 0.455. The van der Waals surface area contributed by atoms with E-state index in [1.54, 1.807) is 38.1 Å². The molecule has 2 heterocycles. The topological polar surface area (TPSA) is 111 Å². The van der Waals surface area contributed by atoms with Crippen molar-refractivity contribution < 1.29 is 10.0 Å². The molecule has 0 fully saturated rings. The first kappa shape index (κ1) is 14.0. The van der Waals surface area contributed by atoms with Gasteiger partial charge in [0.15, 0.2) is 0 Å². The second kappa shape index (κ2) is 5.29. The van der Waals surface area contributed by atoms with Gasteiger partial charge in [-0.2, -0.15) is 10.2 Å². The van der Waals surface area contributed by atoms with Crippen LogP contribution < -0.4 is 5.32 Å².